The van der Waals surface area contributed by atoms with Gasteiger partial charge in [0, 0.05) is 6.42 Å². The molecule has 0 spiro atoms. The van der Waals surface area contributed by atoms with Gasteiger partial charge in [-0.05, 0) is 89.3 Å². The van der Waals surface area contributed by atoms with Crippen molar-refractivity contribution in [2.24, 2.45) is 22.1 Å². The molecule has 2 aliphatic rings. The molecule has 0 bridgehead atoms. The number of benzene rings is 3. The number of carbonyl (C=O) groups is 1. The van der Waals surface area contributed by atoms with E-state index in [1.54, 1.807) is 41.3 Å². The van der Waals surface area contributed by atoms with Gasteiger partial charge in [0.25, 0.3) is 5.91 Å². The number of amides is 1. The molecule has 1 heterocycles. The van der Waals surface area contributed by atoms with Crippen LogP contribution in [-0.2, 0) is 17.6 Å². The van der Waals surface area contributed by atoms with Crippen LogP contribution in [-0.4, -0.2) is 26.7 Å². The number of rotatable bonds is 9. The smallest absolute Gasteiger partial charge is 0.278 e. The van der Waals surface area contributed by atoms with Gasteiger partial charge in [-0.2, -0.15) is 0 Å². The number of phenolic OH excluding ortho intramolecular Hbond substituents is 2. The minimum absolute atomic E-state index is 0.147. The Hall–Kier alpha value is -4.32. The molecule has 41 heavy (non-hydrogen) atoms. The standard InChI is InChI=1S/C35H39N3O3/c1-4-9-31(32(36)25-14-18-28(40)19-15-25)38-33(37-30(34(38)41)20-23-12-16-27(39)17-13-23)29-21-26(5-2)35(29,3)22-24-10-7-6-8-11-24/h6-8,10-19,26,39-40H,4-5,9,20-22,36H2,1-3H3/b32-31-,33-29+/t26-,35+/m0/s1. The summed E-state index contributed by atoms with van der Waals surface area (Å²) in [4.78, 5) is 21.1. The zero-order valence-corrected chi connectivity index (χ0v) is 24.1. The van der Waals surface area contributed by atoms with Gasteiger partial charge in [0.1, 0.15) is 23.0 Å². The highest BCUT2D eigenvalue weighted by Gasteiger charge is 2.50. The summed E-state index contributed by atoms with van der Waals surface area (Å²) in [7, 11) is 0. The van der Waals surface area contributed by atoms with Crippen molar-refractivity contribution < 1.29 is 15.0 Å². The fourth-order valence-electron chi connectivity index (χ4n) is 6.27. The lowest BCUT2D eigenvalue weighted by Gasteiger charge is -2.51. The van der Waals surface area contributed by atoms with E-state index in [1.165, 1.54) is 11.1 Å². The molecule has 1 aliphatic heterocycles. The molecular weight excluding hydrogens is 510 g/mol. The topological polar surface area (TPSA) is 99.2 Å². The van der Waals surface area contributed by atoms with E-state index in [9.17, 15) is 15.0 Å². The number of carbonyl (C=O) groups excluding carboxylic acids is 1. The van der Waals surface area contributed by atoms with E-state index in [-0.39, 0.29) is 22.8 Å². The van der Waals surface area contributed by atoms with Crippen LogP contribution in [0.3, 0.4) is 0 Å². The first-order valence-electron chi connectivity index (χ1n) is 14.5. The maximum absolute atomic E-state index is 14.2. The van der Waals surface area contributed by atoms with Crippen LogP contribution in [0.25, 0.3) is 5.70 Å². The molecule has 1 fully saturated rings. The van der Waals surface area contributed by atoms with Crippen LogP contribution in [0, 0.1) is 11.3 Å². The SMILES string of the molecule is CCC/C(=C(/N)c1ccc(O)cc1)N1C(=O)C(Cc2ccc(O)cc2)=N/C1=C1/C[C@H](CC)[C@@]1(C)Cc1ccccc1. The van der Waals surface area contributed by atoms with Gasteiger partial charge < -0.3 is 15.9 Å². The molecule has 0 unspecified atom stereocenters. The van der Waals surface area contributed by atoms with Crippen LogP contribution in [0.15, 0.2) is 101 Å². The number of phenols is 2. The minimum Gasteiger partial charge on any atom is -0.508 e. The molecule has 3 aromatic rings. The third kappa shape index (κ3) is 5.51. The first-order valence-corrected chi connectivity index (χ1v) is 14.5. The highest BCUT2D eigenvalue weighted by atomic mass is 16.3. The number of aliphatic imine (C=N–C) groups is 1. The van der Waals surface area contributed by atoms with Crippen LogP contribution in [0.4, 0.5) is 0 Å². The van der Waals surface area contributed by atoms with Crippen molar-refractivity contribution in [1.29, 1.82) is 0 Å². The van der Waals surface area contributed by atoms with Crippen molar-refractivity contribution in [3.63, 3.8) is 0 Å². The maximum atomic E-state index is 14.2. The predicted molar refractivity (Wildman–Crippen MR) is 164 cm³/mol. The van der Waals surface area contributed by atoms with Gasteiger partial charge in [-0.1, -0.05) is 76.1 Å². The molecule has 1 amide bonds. The molecule has 212 valence electrons. The zero-order valence-electron chi connectivity index (χ0n) is 24.1. The van der Waals surface area contributed by atoms with Crippen LogP contribution < -0.4 is 5.73 Å². The Kier molecular flexibility index (Phi) is 8.02. The second-order valence-corrected chi connectivity index (χ2v) is 11.4. The first-order chi connectivity index (χ1) is 19.7. The number of hydrogen-bond donors (Lipinski definition) is 3. The van der Waals surface area contributed by atoms with Crippen LogP contribution in [0.2, 0.25) is 0 Å². The summed E-state index contributed by atoms with van der Waals surface area (Å²) in [6.07, 6.45) is 4.56. The fraction of sp³-hybridized carbons (Fsp3) is 0.314. The van der Waals surface area contributed by atoms with Crippen molar-refractivity contribution in [3.05, 3.63) is 113 Å². The van der Waals surface area contributed by atoms with E-state index in [4.69, 9.17) is 10.7 Å². The molecule has 0 radical (unpaired) electrons. The minimum atomic E-state index is -0.159. The Bertz CT molecular complexity index is 1500. The second-order valence-electron chi connectivity index (χ2n) is 11.4. The Morgan fingerprint density at radius 2 is 1.59 bits per heavy atom. The third-order valence-electron chi connectivity index (χ3n) is 8.67. The van der Waals surface area contributed by atoms with Crippen molar-refractivity contribution in [1.82, 2.24) is 4.90 Å². The van der Waals surface area contributed by atoms with E-state index in [2.05, 4.69) is 45.0 Å². The van der Waals surface area contributed by atoms with Crippen molar-refractivity contribution >= 4 is 17.3 Å². The summed E-state index contributed by atoms with van der Waals surface area (Å²) in [6, 6.07) is 24.2. The van der Waals surface area contributed by atoms with Gasteiger partial charge in [0.05, 0.1) is 11.4 Å². The molecule has 6 heteroatoms. The summed E-state index contributed by atoms with van der Waals surface area (Å²) in [6.45, 7) is 6.62. The van der Waals surface area contributed by atoms with Crippen molar-refractivity contribution in [3.8, 4) is 11.5 Å². The first kappa shape index (κ1) is 28.2. The molecule has 1 saturated carbocycles. The second kappa shape index (κ2) is 11.7. The van der Waals surface area contributed by atoms with Crippen LogP contribution in [0.1, 0.15) is 63.1 Å². The number of nitrogens with two attached hydrogens (primary N) is 1. The number of aromatic hydroxyl groups is 2. The Labute approximate surface area is 242 Å². The average molecular weight is 550 g/mol. The van der Waals surface area contributed by atoms with E-state index in [0.717, 1.165) is 42.5 Å². The van der Waals surface area contributed by atoms with Gasteiger partial charge in [-0.25, -0.2) is 4.99 Å². The molecule has 6 nitrogen and oxygen atoms in total. The van der Waals surface area contributed by atoms with E-state index in [0.29, 0.717) is 36.0 Å². The van der Waals surface area contributed by atoms with Gasteiger partial charge in [-0.15, -0.1) is 0 Å². The molecule has 1 aliphatic carbocycles. The quantitative estimate of drug-likeness (QED) is 0.269. The molecule has 0 aromatic heterocycles. The van der Waals surface area contributed by atoms with Crippen molar-refractivity contribution in [2.75, 3.05) is 0 Å². The Morgan fingerprint density at radius 3 is 2.20 bits per heavy atom. The predicted octanol–water partition coefficient (Wildman–Crippen LogP) is 6.94. The van der Waals surface area contributed by atoms with Gasteiger partial charge in [0.2, 0.25) is 0 Å². The van der Waals surface area contributed by atoms with E-state index < -0.39 is 0 Å². The average Bonchev–Trinajstić information content (AvgIpc) is 3.27. The lowest BCUT2D eigenvalue weighted by atomic mass is 9.54. The number of hydrogen-bond acceptors (Lipinski definition) is 5. The summed E-state index contributed by atoms with van der Waals surface area (Å²) in [5.41, 5.74) is 12.5. The summed E-state index contributed by atoms with van der Waals surface area (Å²) >= 11 is 0. The zero-order chi connectivity index (χ0) is 29.1. The number of allylic oxidation sites excluding steroid dienone is 2. The maximum Gasteiger partial charge on any atom is 0.278 e. The van der Waals surface area contributed by atoms with Crippen LogP contribution >= 0.6 is 0 Å². The molecule has 0 saturated heterocycles. The van der Waals surface area contributed by atoms with E-state index >= 15 is 0 Å². The molecule has 4 N–H and O–H groups in total. The molecule has 5 rings (SSSR count). The monoisotopic (exact) mass is 549 g/mol. The van der Waals surface area contributed by atoms with Gasteiger partial charge in [-0.3, -0.25) is 9.69 Å². The largest absolute Gasteiger partial charge is 0.508 e. The molecule has 2 atom stereocenters. The van der Waals surface area contributed by atoms with Gasteiger partial charge >= 0.3 is 0 Å². The fourth-order valence-corrected chi connectivity index (χ4v) is 6.27. The van der Waals surface area contributed by atoms with Crippen LogP contribution in [0.5, 0.6) is 11.5 Å². The lowest BCUT2D eigenvalue weighted by molar-refractivity contribution is -0.120. The molecular formula is C35H39N3O3. The Morgan fingerprint density at radius 1 is 0.951 bits per heavy atom. The highest BCUT2D eigenvalue weighted by molar-refractivity contribution is 6.42. The lowest BCUT2D eigenvalue weighted by Crippen LogP contribution is -2.44. The summed E-state index contributed by atoms with van der Waals surface area (Å²) in [5.74, 6) is 1.37. The van der Waals surface area contributed by atoms with E-state index in [1.807, 2.05) is 18.2 Å². The normalized spacial score (nSPS) is 22.8. The third-order valence-corrected chi connectivity index (χ3v) is 8.67. The van der Waals surface area contributed by atoms with Gasteiger partial charge in [0.15, 0.2) is 0 Å². The van der Waals surface area contributed by atoms with Crippen molar-refractivity contribution in [2.45, 2.75) is 59.3 Å². The summed E-state index contributed by atoms with van der Waals surface area (Å²) in [5, 5.41) is 19.6. The highest BCUT2D eigenvalue weighted by Crippen LogP contribution is 2.57. The summed E-state index contributed by atoms with van der Waals surface area (Å²) < 4.78 is 0. The Balaban J connectivity index is 1.65. The molecule has 3 aromatic carbocycles. The number of nitrogens with zero attached hydrogens (tertiary/aromatic N) is 2.